The number of hydrogen-bond acceptors (Lipinski definition) is 1. The summed E-state index contributed by atoms with van der Waals surface area (Å²) in [4.78, 5) is 4.82. The van der Waals surface area contributed by atoms with Crippen molar-refractivity contribution in [3.05, 3.63) is 28.5 Å². The summed E-state index contributed by atoms with van der Waals surface area (Å²) >= 11 is 9.98. The Bertz CT molecular complexity index is 635. The molecule has 2 aromatic rings. The van der Waals surface area contributed by atoms with Crippen LogP contribution in [0, 0.1) is 5.92 Å². The molecule has 21 heavy (non-hydrogen) atoms. The van der Waals surface area contributed by atoms with Crippen LogP contribution in [0.25, 0.3) is 11.0 Å². The molecular weight excluding hydrogens is 348 g/mol. The van der Waals surface area contributed by atoms with Crippen molar-refractivity contribution in [3.63, 3.8) is 0 Å². The first-order valence-corrected chi connectivity index (χ1v) is 9.16. The summed E-state index contributed by atoms with van der Waals surface area (Å²) in [6.45, 7) is 4.33. The van der Waals surface area contributed by atoms with E-state index in [1.807, 2.05) is 6.92 Å². The van der Waals surface area contributed by atoms with E-state index >= 15 is 0 Å². The molecule has 1 aliphatic rings. The summed E-state index contributed by atoms with van der Waals surface area (Å²) in [6.07, 6.45) is 6.48. The Balaban J connectivity index is 2.16. The van der Waals surface area contributed by atoms with Gasteiger partial charge in [0.15, 0.2) is 0 Å². The lowest BCUT2D eigenvalue weighted by Crippen LogP contribution is -2.24. The van der Waals surface area contributed by atoms with Crippen LogP contribution in [0.1, 0.15) is 63.2 Å². The highest BCUT2D eigenvalue weighted by Crippen LogP contribution is 2.40. The van der Waals surface area contributed by atoms with Crippen LogP contribution < -0.4 is 0 Å². The van der Waals surface area contributed by atoms with Gasteiger partial charge in [0.1, 0.15) is 5.82 Å². The van der Waals surface area contributed by atoms with Gasteiger partial charge in [0.05, 0.1) is 16.4 Å². The Morgan fingerprint density at radius 2 is 2.14 bits per heavy atom. The predicted molar refractivity (Wildman–Crippen MR) is 93.0 cm³/mol. The van der Waals surface area contributed by atoms with Gasteiger partial charge in [-0.15, -0.1) is 11.6 Å². The number of hydrogen-bond donors (Lipinski definition) is 0. The molecule has 1 fully saturated rings. The van der Waals surface area contributed by atoms with E-state index in [0.717, 1.165) is 21.7 Å². The smallest absolute Gasteiger partial charge is 0.127 e. The van der Waals surface area contributed by atoms with Crippen LogP contribution in [-0.4, -0.2) is 9.55 Å². The zero-order valence-corrected chi connectivity index (χ0v) is 15.0. The van der Waals surface area contributed by atoms with Gasteiger partial charge in [0.25, 0.3) is 0 Å². The lowest BCUT2D eigenvalue weighted by atomic mass is 9.82. The fourth-order valence-corrected chi connectivity index (χ4v) is 4.23. The third-order valence-electron chi connectivity index (χ3n) is 4.76. The highest BCUT2D eigenvalue weighted by Gasteiger charge is 2.29. The third-order valence-corrected chi connectivity index (χ3v) is 5.45. The normalized spacial score (nSPS) is 24.4. The molecule has 1 aromatic heterocycles. The van der Waals surface area contributed by atoms with E-state index in [0.29, 0.717) is 6.04 Å². The Hall–Kier alpha value is -0.540. The van der Waals surface area contributed by atoms with Crippen molar-refractivity contribution in [1.82, 2.24) is 9.55 Å². The molecule has 0 radical (unpaired) electrons. The first-order chi connectivity index (χ1) is 10.1. The third kappa shape index (κ3) is 2.87. The molecule has 1 saturated carbocycles. The monoisotopic (exact) mass is 368 g/mol. The van der Waals surface area contributed by atoms with E-state index in [1.165, 1.54) is 37.6 Å². The SMILES string of the molecule is CCC1CCCCC1n1c(C(C)Cl)nc2cc(Br)ccc21. The van der Waals surface area contributed by atoms with E-state index in [-0.39, 0.29) is 5.38 Å². The number of nitrogens with zero attached hydrogens (tertiary/aromatic N) is 2. The second-order valence-corrected chi connectivity index (χ2v) is 7.68. The Morgan fingerprint density at radius 1 is 1.38 bits per heavy atom. The molecule has 114 valence electrons. The van der Waals surface area contributed by atoms with Crippen LogP contribution in [0.15, 0.2) is 22.7 Å². The molecule has 3 rings (SSSR count). The summed E-state index contributed by atoms with van der Waals surface area (Å²) in [5.74, 6) is 1.77. The van der Waals surface area contributed by atoms with Crippen molar-refractivity contribution in [2.75, 3.05) is 0 Å². The minimum absolute atomic E-state index is 0.0596. The maximum absolute atomic E-state index is 6.43. The van der Waals surface area contributed by atoms with Gasteiger partial charge in [-0.1, -0.05) is 42.1 Å². The average Bonchev–Trinajstić information content (AvgIpc) is 2.85. The van der Waals surface area contributed by atoms with Crippen molar-refractivity contribution in [2.24, 2.45) is 5.92 Å². The fourth-order valence-electron chi connectivity index (χ4n) is 3.72. The summed E-state index contributed by atoms with van der Waals surface area (Å²) < 4.78 is 3.51. The van der Waals surface area contributed by atoms with Crippen LogP contribution in [0.4, 0.5) is 0 Å². The molecule has 1 aromatic carbocycles. The van der Waals surface area contributed by atoms with Crippen LogP contribution in [0.3, 0.4) is 0 Å². The molecule has 0 amide bonds. The summed E-state index contributed by atoms with van der Waals surface area (Å²) in [5, 5.41) is -0.0596. The number of rotatable bonds is 3. The average molecular weight is 370 g/mol. The van der Waals surface area contributed by atoms with Gasteiger partial charge in [-0.25, -0.2) is 4.98 Å². The first-order valence-electron chi connectivity index (χ1n) is 7.93. The molecule has 0 bridgehead atoms. The van der Waals surface area contributed by atoms with Crippen LogP contribution in [0.5, 0.6) is 0 Å². The summed E-state index contributed by atoms with van der Waals surface area (Å²) in [6, 6.07) is 6.92. The number of fused-ring (bicyclic) bond motifs is 1. The van der Waals surface area contributed by atoms with E-state index in [2.05, 4.69) is 45.6 Å². The molecule has 4 heteroatoms. The van der Waals surface area contributed by atoms with Crippen LogP contribution >= 0.6 is 27.5 Å². The molecule has 1 heterocycles. The zero-order valence-electron chi connectivity index (χ0n) is 12.6. The van der Waals surface area contributed by atoms with E-state index in [9.17, 15) is 0 Å². The lowest BCUT2D eigenvalue weighted by molar-refractivity contribution is 0.233. The Morgan fingerprint density at radius 3 is 2.86 bits per heavy atom. The van der Waals surface area contributed by atoms with Gasteiger partial charge in [0.2, 0.25) is 0 Å². The summed E-state index contributed by atoms with van der Waals surface area (Å²) in [7, 11) is 0. The molecule has 0 spiro atoms. The van der Waals surface area contributed by atoms with Crippen molar-refractivity contribution < 1.29 is 0 Å². The molecule has 0 N–H and O–H groups in total. The number of benzene rings is 1. The van der Waals surface area contributed by atoms with Gasteiger partial charge in [0, 0.05) is 10.5 Å². The van der Waals surface area contributed by atoms with Crippen molar-refractivity contribution in [3.8, 4) is 0 Å². The Kier molecular flexibility index (Phi) is 4.60. The molecule has 3 atom stereocenters. The van der Waals surface area contributed by atoms with Crippen LogP contribution in [0.2, 0.25) is 0 Å². The second kappa shape index (κ2) is 6.29. The van der Waals surface area contributed by atoms with Gasteiger partial charge in [-0.05, 0) is 43.9 Å². The standard InChI is InChI=1S/C17H22BrClN2/c1-3-12-6-4-5-7-15(12)21-16-9-8-13(18)10-14(16)20-17(21)11(2)19/h8-12,15H,3-7H2,1-2H3. The van der Waals surface area contributed by atoms with Crippen molar-refractivity contribution >= 4 is 38.6 Å². The topological polar surface area (TPSA) is 17.8 Å². The van der Waals surface area contributed by atoms with Gasteiger partial charge >= 0.3 is 0 Å². The Labute approximate surface area is 140 Å². The van der Waals surface area contributed by atoms with Crippen LogP contribution in [-0.2, 0) is 0 Å². The molecular formula is C17H22BrClN2. The molecule has 3 unspecified atom stereocenters. The number of halogens is 2. The lowest BCUT2D eigenvalue weighted by Gasteiger charge is -2.33. The second-order valence-electron chi connectivity index (χ2n) is 6.11. The van der Waals surface area contributed by atoms with E-state index in [1.54, 1.807) is 0 Å². The molecule has 1 aliphatic carbocycles. The first kappa shape index (κ1) is 15.4. The fraction of sp³-hybridized carbons (Fsp3) is 0.588. The summed E-state index contributed by atoms with van der Waals surface area (Å²) in [5.41, 5.74) is 2.28. The maximum atomic E-state index is 6.43. The molecule has 2 nitrogen and oxygen atoms in total. The number of alkyl halides is 1. The highest BCUT2D eigenvalue weighted by atomic mass is 79.9. The molecule has 0 saturated heterocycles. The van der Waals surface area contributed by atoms with Gasteiger partial charge in [-0.2, -0.15) is 0 Å². The van der Waals surface area contributed by atoms with Crippen molar-refractivity contribution in [2.45, 2.75) is 57.4 Å². The van der Waals surface area contributed by atoms with Crippen molar-refractivity contribution in [1.29, 1.82) is 0 Å². The zero-order chi connectivity index (χ0) is 15.0. The predicted octanol–water partition coefficient (Wildman–Crippen LogP) is 6.24. The quantitative estimate of drug-likeness (QED) is 0.585. The minimum Gasteiger partial charge on any atom is -0.323 e. The maximum Gasteiger partial charge on any atom is 0.127 e. The minimum atomic E-state index is -0.0596. The van der Waals surface area contributed by atoms with Gasteiger partial charge < -0.3 is 4.57 Å². The largest absolute Gasteiger partial charge is 0.323 e. The van der Waals surface area contributed by atoms with E-state index in [4.69, 9.17) is 16.6 Å². The van der Waals surface area contributed by atoms with Gasteiger partial charge in [-0.3, -0.25) is 0 Å². The highest BCUT2D eigenvalue weighted by molar-refractivity contribution is 9.10. The van der Waals surface area contributed by atoms with E-state index < -0.39 is 0 Å². The number of aromatic nitrogens is 2. The number of imidazole rings is 1. The molecule has 0 aliphatic heterocycles.